The molecule has 2 atom stereocenters. The fourth-order valence-electron chi connectivity index (χ4n) is 2.11. The molecule has 1 fully saturated rings. The van der Waals surface area contributed by atoms with Gasteiger partial charge in [-0.05, 0) is 13.3 Å². The largest absolute Gasteiger partial charge is 0.383 e. The number of methoxy groups -OCH3 is 1. The molecule has 0 aliphatic carbocycles. The number of nitrogens with zero attached hydrogens (tertiary/aromatic N) is 2. The lowest BCUT2D eigenvalue weighted by Crippen LogP contribution is -2.19. The van der Waals surface area contributed by atoms with E-state index in [9.17, 15) is 0 Å². The molecule has 0 spiro atoms. The molecule has 96 valence electrons. The number of nitrogens with one attached hydrogen (secondary N) is 1. The van der Waals surface area contributed by atoms with E-state index >= 15 is 0 Å². The van der Waals surface area contributed by atoms with Crippen LogP contribution in [0.2, 0.25) is 0 Å². The van der Waals surface area contributed by atoms with Gasteiger partial charge in [0.25, 0.3) is 0 Å². The van der Waals surface area contributed by atoms with Crippen molar-refractivity contribution in [3.05, 3.63) is 12.4 Å². The predicted molar refractivity (Wildman–Crippen MR) is 66.2 cm³/mol. The van der Waals surface area contributed by atoms with Crippen molar-refractivity contribution in [2.75, 3.05) is 38.8 Å². The summed E-state index contributed by atoms with van der Waals surface area (Å²) in [5.74, 6) is 1.53. The lowest BCUT2D eigenvalue weighted by Gasteiger charge is -2.17. The number of rotatable bonds is 6. The van der Waals surface area contributed by atoms with Crippen LogP contribution in [0.3, 0.4) is 0 Å². The van der Waals surface area contributed by atoms with Crippen molar-refractivity contribution >= 4 is 5.95 Å². The smallest absolute Gasteiger partial charge is 0.203 e. The zero-order valence-corrected chi connectivity index (χ0v) is 10.6. The van der Waals surface area contributed by atoms with Gasteiger partial charge in [-0.3, -0.25) is 0 Å². The molecule has 0 radical (unpaired) electrons. The molecule has 1 aliphatic heterocycles. The summed E-state index contributed by atoms with van der Waals surface area (Å²) in [6, 6.07) is 0.296. The molecule has 1 aromatic heterocycles. The summed E-state index contributed by atoms with van der Waals surface area (Å²) in [5, 5.41) is 3.39. The first-order chi connectivity index (χ1) is 8.31. The van der Waals surface area contributed by atoms with E-state index in [1.807, 2.05) is 12.4 Å². The predicted octanol–water partition coefficient (Wildman–Crippen LogP) is 1.54. The lowest BCUT2D eigenvalue weighted by atomic mass is 10.1. The zero-order valence-electron chi connectivity index (χ0n) is 10.6. The number of anilines is 1. The summed E-state index contributed by atoms with van der Waals surface area (Å²) in [6.07, 6.45) is 4.94. The van der Waals surface area contributed by atoms with E-state index < -0.39 is 0 Å². The van der Waals surface area contributed by atoms with Crippen molar-refractivity contribution in [1.82, 2.24) is 9.55 Å². The van der Waals surface area contributed by atoms with Crippen molar-refractivity contribution in [3.8, 4) is 0 Å². The SMILES string of the molecule is COCC(C)n1ccnc1NCC1CCOC1. The summed E-state index contributed by atoms with van der Waals surface area (Å²) in [7, 11) is 1.72. The van der Waals surface area contributed by atoms with Crippen LogP contribution < -0.4 is 5.32 Å². The quantitative estimate of drug-likeness (QED) is 0.818. The summed E-state index contributed by atoms with van der Waals surface area (Å²) >= 11 is 0. The number of imidazole rings is 1. The Kier molecular flexibility index (Phi) is 4.39. The molecule has 5 nitrogen and oxygen atoms in total. The first-order valence-electron chi connectivity index (χ1n) is 6.14. The van der Waals surface area contributed by atoms with Gasteiger partial charge < -0.3 is 19.4 Å². The third-order valence-corrected chi connectivity index (χ3v) is 3.12. The minimum Gasteiger partial charge on any atom is -0.383 e. The molecule has 2 rings (SSSR count). The zero-order chi connectivity index (χ0) is 12.1. The van der Waals surface area contributed by atoms with Gasteiger partial charge in [0.2, 0.25) is 5.95 Å². The number of aromatic nitrogens is 2. The van der Waals surface area contributed by atoms with E-state index in [0.29, 0.717) is 18.6 Å². The van der Waals surface area contributed by atoms with Gasteiger partial charge in [0.15, 0.2) is 0 Å². The second kappa shape index (κ2) is 6.02. The van der Waals surface area contributed by atoms with Gasteiger partial charge in [-0.2, -0.15) is 0 Å². The lowest BCUT2D eigenvalue weighted by molar-refractivity contribution is 0.163. The van der Waals surface area contributed by atoms with E-state index in [4.69, 9.17) is 9.47 Å². The Morgan fingerprint density at radius 3 is 3.29 bits per heavy atom. The average molecular weight is 239 g/mol. The minimum atomic E-state index is 0.296. The van der Waals surface area contributed by atoms with Crippen LogP contribution in [0.4, 0.5) is 5.95 Å². The van der Waals surface area contributed by atoms with Crippen molar-refractivity contribution in [2.45, 2.75) is 19.4 Å². The van der Waals surface area contributed by atoms with Crippen LogP contribution >= 0.6 is 0 Å². The standard InChI is InChI=1S/C12H21N3O2/c1-10(8-16-2)15-5-4-13-12(15)14-7-11-3-6-17-9-11/h4-5,10-11H,3,6-9H2,1-2H3,(H,13,14). The molecule has 1 aliphatic rings. The molecule has 5 heteroatoms. The van der Waals surface area contributed by atoms with Crippen LogP contribution in [0.5, 0.6) is 0 Å². The molecule has 0 saturated carbocycles. The van der Waals surface area contributed by atoms with E-state index in [1.165, 1.54) is 0 Å². The van der Waals surface area contributed by atoms with Gasteiger partial charge in [-0.15, -0.1) is 0 Å². The highest BCUT2D eigenvalue weighted by Crippen LogP contribution is 2.16. The van der Waals surface area contributed by atoms with E-state index in [1.54, 1.807) is 7.11 Å². The number of ether oxygens (including phenoxy) is 2. The average Bonchev–Trinajstić information content (AvgIpc) is 2.98. The normalized spacial score (nSPS) is 21.6. The van der Waals surface area contributed by atoms with Gasteiger partial charge in [0.05, 0.1) is 19.3 Å². The third-order valence-electron chi connectivity index (χ3n) is 3.12. The minimum absolute atomic E-state index is 0.296. The molecule has 2 heterocycles. The third kappa shape index (κ3) is 3.20. The second-order valence-electron chi connectivity index (χ2n) is 4.57. The highest BCUT2D eigenvalue weighted by molar-refractivity contribution is 5.26. The van der Waals surface area contributed by atoms with Crippen molar-refractivity contribution in [1.29, 1.82) is 0 Å². The van der Waals surface area contributed by atoms with Crippen molar-refractivity contribution in [2.24, 2.45) is 5.92 Å². The Bertz CT molecular complexity index is 334. The maximum Gasteiger partial charge on any atom is 0.203 e. The maximum atomic E-state index is 5.36. The molecule has 1 aromatic rings. The van der Waals surface area contributed by atoms with Crippen LogP contribution in [0.1, 0.15) is 19.4 Å². The Labute approximate surface area is 102 Å². The van der Waals surface area contributed by atoms with Gasteiger partial charge in [0, 0.05) is 38.6 Å². The highest BCUT2D eigenvalue weighted by Gasteiger charge is 2.16. The van der Waals surface area contributed by atoms with E-state index in [0.717, 1.165) is 32.1 Å². The second-order valence-corrected chi connectivity index (χ2v) is 4.57. The fourth-order valence-corrected chi connectivity index (χ4v) is 2.11. The molecule has 17 heavy (non-hydrogen) atoms. The molecular weight excluding hydrogens is 218 g/mol. The van der Waals surface area contributed by atoms with Gasteiger partial charge in [-0.1, -0.05) is 0 Å². The van der Waals surface area contributed by atoms with Crippen LogP contribution in [-0.4, -0.2) is 43.0 Å². The number of hydrogen-bond donors (Lipinski definition) is 1. The topological polar surface area (TPSA) is 48.3 Å². The molecule has 0 amide bonds. The Hall–Kier alpha value is -1.07. The molecule has 0 bridgehead atoms. The van der Waals surface area contributed by atoms with E-state index in [2.05, 4.69) is 21.8 Å². The molecule has 0 aromatic carbocycles. The monoisotopic (exact) mass is 239 g/mol. The fraction of sp³-hybridized carbons (Fsp3) is 0.750. The maximum absolute atomic E-state index is 5.36. The van der Waals surface area contributed by atoms with Crippen LogP contribution in [0.15, 0.2) is 12.4 Å². The van der Waals surface area contributed by atoms with Crippen LogP contribution in [0.25, 0.3) is 0 Å². The van der Waals surface area contributed by atoms with E-state index in [-0.39, 0.29) is 0 Å². The Balaban J connectivity index is 1.89. The molecule has 1 saturated heterocycles. The number of hydrogen-bond acceptors (Lipinski definition) is 4. The highest BCUT2D eigenvalue weighted by atomic mass is 16.5. The molecule has 1 N–H and O–H groups in total. The first-order valence-corrected chi connectivity index (χ1v) is 6.14. The van der Waals surface area contributed by atoms with Crippen molar-refractivity contribution in [3.63, 3.8) is 0 Å². The van der Waals surface area contributed by atoms with Crippen molar-refractivity contribution < 1.29 is 9.47 Å². The first kappa shape index (κ1) is 12.4. The summed E-state index contributed by atoms with van der Waals surface area (Å²) < 4.78 is 12.6. The Morgan fingerprint density at radius 2 is 2.59 bits per heavy atom. The summed E-state index contributed by atoms with van der Waals surface area (Å²) in [4.78, 5) is 4.34. The summed E-state index contributed by atoms with van der Waals surface area (Å²) in [6.45, 7) is 5.49. The van der Waals surface area contributed by atoms with Gasteiger partial charge in [-0.25, -0.2) is 4.98 Å². The molecular formula is C12H21N3O2. The van der Waals surface area contributed by atoms with Gasteiger partial charge in [0.1, 0.15) is 0 Å². The van der Waals surface area contributed by atoms with Crippen LogP contribution in [-0.2, 0) is 9.47 Å². The molecule has 2 unspecified atom stereocenters. The van der Waals surface area contributed by atoms with Gasteiger partial charge >= 0.3 is 0 Å². The van der Waals surface area contributed by atoms with Crippen LogP contribution in [0, 0.1) is 5.92 Å². The Morgan fingerprint density at radius 1 is 1.71 bits per heavy atom. The summed E-state index contributed by atoms with van der Waals surface area (Å²) in [5.41, 5.74) is 0.